The molecule has 1 aromatic rings. The van der Waals surface area contributed by atoms with Crippen molar-refractivity contribution >= 4 is 33.4 Å². The second-order valence-corrected chi connectivity index (χ2v) is 6.40. The van der Waals surface area contributed by atoms with E-state index in [9.17, 15) is 9.18 Å². The molecule has 0 aliphatic heterocycles. The molecule has 2 nitrogen and oxygen atoms in total. The van der Waals surface area contributed by atoms with Gasteiger partial charge in [-0.3, -0.25) is 4.79 Å². The lowest BCUT2D eigenvalue weighted by Gasteiger charge is -2.27. The van der Waals surface area contributed by atoms with Crippen LogP contribution < -0.4 is 5.32 Å². The summed E-state index contributed by atoms with van der Waals surface area (Å²) in [6.45, 7) is 0.557. The van der Waals surface area contributed by atoms with E-state index in [1.807, 2.05) is 0 Å². The van der Waals surface area contributed by atoms with E-state index in [-0.39, 0.29) is 11.3 Å². The maximum absolute atomic E-state index is 13.2. The molecule has 5 heteroatoms. The zero-order valence-electron chi connectivity index (χ0n) is 10.5. The third kappa shape index (κ3) is 4.18. The number of hydrogen-bond acceptors (Lipinski definition) is 1. The molecule has 2 unspecified atom stereocenters. The highest BCUT2D eigenvalue weighted by molar-refractivity contribution is 9.10. The molecule has 2 atom stereocenters. The molecule has 1 saturated carbocycles. The molecule has 1 amide bonds. The molecule has 0 bridgehead atoms. The average molecular weight is 349 g/mol. The van der Waals surface area contributed by atoms with Crippen molar-refractivity contribution in [3.05, 3.63) is 34.1 Å². The van der Waals surface area contributed by atoms with Crippen molar-refractivity contribution < 1.29 is 9.18 Å². The van der Waals surface area contributed by atoms with Crippen LogP contribution in [0.3, 0.4) is 0 Å². The minimum atomic E-state index is -0.424. The van der Waals surface area contributed by atoms with Gasteiger partial charge in [-0.1, -0.05) is 28.8 Å². The van der Waals surface area contributed by atoms with Gasteiger partial charge in [0.05, 0.1) is 0 Å². The van der Waals surface area contributed by atoms with Gasteiger partial charge in [-0.05, 0) is 37.0 Å². The van der Waals surface area contributed by atoms with Gasteiger partial charge >= 0.3 is 0 Å². The first-order chi connectivity index (χ1) is 9.06. The zero-order chi connectivity index (χ0) is 13.8. The second-order valence-electron chi connectivity index (χ2n) is 4.93. The van der Waals surface area contributed by atoms with E-state index in [4.69, 9.17) is 11.6 Å². The maximum atomic E-state index is 13.2. The van der Waals surface area contributed by atoms with Crippen molar-refractivity contribution in [1.29, 1.82) is 0 Å². The summed E-state index contributed by atoms with van der Waals surface area (Å²) in [7, 11) is 0. The fourth-order valence-corrected chi connectivity index (χ4v) is 3.24. The van der Waals surface area contributed by atoms with Crippen molar-refractivity contribution in [3.8, 4) is 0 Å². The molecule has 1 N–H and O–H groups in total. The molecule has 19 heavy (non-hydrogen) atoms. The van der Waals surface area contributed by atoms with Crippen molar-refractivity contribution in [2.24, 2.45) is 5.92 Å². The molecule has 104 valence electrons. The molecule has 0 saturated heterocycles. The van der Waals surface area contributed by atoms with E-state index < -0.39 is 5.82 Å². The zero-order valence-corrected chi connectivity index (χ0v) is 12.8. The first-order valence-corrected chi connectivity index (χ1v) is 7.67. The van der Waals surface area contributed by atoms with Crippen LogP contribution in [0.15, 0.2) is 22.7 Å². The molecule has 1 fully saturated rings. The Labute approximate surface area is 125 Å². The van der Waals surface area contributed by atoms with Crippen molar-refractivity contribution in [3.63, 3.8) is 0 Å². The monoisotopic (exact) mass is 347 g/mol. The van der Waals surface area contributed by atoms with Crippen molar-refractivity contribution in [2.75, 3.05) is 6.54 Å². The Balaban J connectivity index is 1.93. The normalized spacial score (nSPS) is 23.1. The van der Waals surface area contributed by atoms with Crippen LogP contribution in [0, 0.1) is 11.7 Å². The summed E-state index contributed by atoms with van der Waals surface area (Å²) in [4.78, 5) is 12.0. The Morgan fingerprint density at radius 2 is 2.11 bits per heavy atom. The van der Waals surface area contributed by atoms with Gasteiger partial charge in [0.2, 0.25) is 0 Å². The standard InChI is InChI=1S/C14H16BrClFNO/c15-11-5-10(6-12(17)7-11)14(19)18-8-9-3-1-2-4-13(9)16/h5-7,9,13H,1-4,8H2,(H,18,19). The first-order valence-electron chi connectivity index (χ1n) is 6.44. The average Bonchev–Trinajstić information content (AvgIpc) is 2.36. The lowest BCUT2D eigenvalue weighted by Crippen LogP contribution is -2.34. The minimum Gasteiger partial charge on any atom is -0.352 e. The van der Waals surface area contributed by atoms with Crippen LogP contribution in [0.5, 0.6) is 0 Å². The molecule has 2 rings (SSSR count). The molecule has 0 radical (unpaired) electrons. The SMILES string of the molecule is O=C(NCC1CCCCC1Cl)c1cc(F)cc(Br)c1. The molecule has 1 aliphatic carbocycles. The summed E-state index contributed by atoms with van der Waals surface area (Å²) < 4.78 is 13.8. The summed E-state index contributed by atoms with van der Waals surface area (Å²) in [6.07, 6.45) is 4.37. The van der Waals surface area contributed by atoms with E-state index in [1.54, 1.807) is 6.07 Å². The van der Waals surface area contributed by atoms with Crippen LogP contribution in [-0.2, 0) is 0 Å². The van der Waals surface area contributed by atoms with Gasteiger partial charge < -0.3 is 5.32 Å². The van der Waals surface area contributed by atoms with Crippen LogP contribution in [0.2, 0.25) is 0 Å². The number of carbonyl (C=O) groups is 1. The number of halogens is 3. The number of amides is 1. The second kappa shape index (κ2) is 6.71. The molecule has 0 aromatic heterocycles. The quantitative estimate of drug-likeness (QED) is 0.818. The third-order valence-electron chi connectivity index (χ3n) is 3.47. The number of nitrogens with one attached hydrogen (secondary N) is 1. The summed E-state index contributed by atoms with van der Waals surface area (Å²) in [5.41, 5.74) is 0.328. The van der Waals surface area contributed by atoms with Gasteiger partial charge in [0, 0.05) is 22.0 Å². The lowest BCUT2D eigenvalue weighted by atomic mass is 9.88. The maximum Gasteiger partial charge on any atom is 0.251 e. The first kappa shape index (κ1) is 14.8. The van der Waals surface area contributed by atoms with Crippen LogP contribution in [0.25, 0.3) is 0 Å². The molecular weight excluding hydrogens is 333 g/mol. The molecule has 1 aromatic carbocycles. The smallest absolute Gasteiger partial charge is 0.251 e. The number of alkyl halides is 1. The van der Waals surface area contributed by atoms with Crippen LogP contribution in [0.4, 0.5) is 4.39 Å². The van der Waals surface area contributed by atoms with Crippen molar-refractivity contribution in [1.82, 2.24) is 5.32 Å². The highest BCUT2D eigenvalue weighted by Crippen LogP contribution is 2.28. The Bertz CT molecular complexity index is 449. The Morgan fingerprint density at radius 3 is 2.79 bits per heavy atom. The van der Waals surface area contributed by atoms with Gasteiger partial charge in [-0.15, -0.1) is 11.6 Å². The number of carbonyl (C=O) groups excluding carboxylic acids is 1. The van der Waals surface area contributed by atoms with E-state index in [1.165, 1.54) is 12.1 Å². The predicted molar refractivity (Wildman–Crippen MR) is 78.0 cm³/mol. The molecule has 0 spiro atoms. The van der Waals surface area contributed by atoms with E-state index in [2.05, 4.69) is 21.2 Å². The summed E-state index contributed by atoms with van der Waals surface area (Å²) in [5.74, 6) is -0.363. The van der Waals surface area contributed by atoms with E-state index in [0.717, 1.165) is 25.7 Å². The molecular formula is C14H16BrClFNO. The fourth-order valence-electron chi connectivity index (χ4n) is 2.40. The third-order valence-corrected chi connectivity index (χ3v) is 4.50. The van der Waals surface area contributed by atoms with Crippen LogP contribution >= 0.6 is 27.5 Å². The predicted octanol–water partition coefficient (Wildman–Crippen LogP) is 4.12. The minimum absolute atomic E-state index is 0.133. The topological polar surface area (TPSA) is 29.1 Å². The van der Waals surface area contributed by atoms with Crippen LogP contribution in [-0.4, -0.2) is 17.8 Å². The summed E-state index contributed by atoms with van der Waals surface area (Å²) in [5, 5.41) is 2.98. The number of hydrogen-bond donors (Lipinski definition) is 1. The summed E-state index contributed by atoms with van der Waals surface area (Å²) >= 11 is 9.42. The Morgan fingerprint density at radius 1 is 1.37 bits per heavy atom. The Hall–Kier alpha value is -0.610. The molecule has 1 aliphatic rings. The Kier molecular flexibility index (Phi) is 5.22. The van der Waals surface area contributed by atoms with Crippen molar-refractivity contribution in [2.45, 2.75) is 31.1 Å². The molecule has 0 heterocycles. The van der Waals surface area contributed by atoms with E-state index in [0.29, 0.717) is 22.5 Å². The highest BCUT2D eigenvalue weighted by atomic mass is 79.9. The van der Waals surface area contributed by atoms with Crippen LogP contribution in [0.1, 0.15) is 36.0 Å². The van der Waals surface area contributed by atoms with Gasteiger partial charge in [0.25, 0.3) is 5.91 Å². The highest BCUT2D eigenvalue weighted by Gasteiger charge is 2.23. The largest absolute Gasteiger partial charge is 0.352 e. The summed E-state index contributed by atoms with van der Waals surface area (Å²) in [6, 6.07) is 4.17. The van der Waals surface area contributed by atoms with Gasteiger partial charge in [-0.2, -0.15) is 0 Å². The van der Waals surface area contributed by atoms with Gasteiger partial charge in [0.1, 0.15) is 5.82 Å². The number of benzene rings is 1. The van der Waals surface area contributed by atoms with Gasteiger partial charge in [0.15, 0.2) is 0 Å². The van der Waals surface area contributed by atoms with E-state index >= 15 is 0 Å². The lowest BCUT2D eigenvalue weighted by molar-refractivity contribution is 0.0943. The number of rotatable bonds is 3. The van der Waals surface area contributed by atoms with Gasteiger partial charge in [-0.25, -0.2) is 4.39 Å². The fraction of sp³-hybridized carbons (Fsp3) is 0.500.